The summed E-state index contributed by atoms with van der Waals surface area (Å²) in [6.07, 6.45) is 3.60. The zero-order chi connectivity index (χ0) is 22.2. The van der Waals surface area contributed by atoms with Crippen LogP contribution in [0.15, 0.2) is 66.9 Å². The molecule has 7 heteroatoms. The number of nitro benzene ring substituents is 1. The average Bonchev–Trinajstić information content (AvgIpc) is 3.45. The number of hydrogen-bond acceptors (Lipinski definition) is 4. The molecule has 1 aromatic heterocycles. The van der Waals surface area contributed by atoms with Gasteiger partial charge in [0.2, 0.25) is 5.91 Å². The molecule has 0 saturated carbocycles. The van der Waals surface area contributed by atoms with E-state index in [2.05, 4.69) is 12.1 Å². The standard InChI is InChI=1S/C25H23N3O4/c1-32-24-12-11-18(17-6-2-3-7-19(17)24)22-10-5-14-27(22)25(29)16-26-15-13-20-21(26)8-4-9-23(20)28(30)31/h2-4,6-9,11-13,15,22H,5,10,14,16H2,1H3/t22-/m0/s1. The van der Waals surface area contributed by atoms with Crippen molar-refractivity contribution in [1.29, 1.82) is 0 Å². The van der Waals surface area contributed by atoms with Gasteiger partial charge in [-0.05, 0) is 42.0 Å². The number of rotatable bonds is 5. The van der Waals surface area contributed by atoms with Crippen LogP contribution in [0.4, 0.5) is 5.69 Å². The Morgan fingerprint density at radius 3 is 2.66 bits per heavy atom. The number of nitro groups is 1. The highest BCUT2D eigenvalue weighted by molar-refractivity contribution is 5.92. The molecule has 1 saturated heterocycles. The Balaban J connectivity index is 1.47. The van der Waals surface area contributed by atoms with Crippen molar-refractivity contribution < 1.29 is 14.5 Å². The average molecular weight is 429 g/mol. The second kappa shape index (κ2) is 8.00. The fraction of sp³-hybridized carbons (Fsp3) is 0.240. The molecule has 4 aromatic rings. The molecule has 5 rings (SSSR count). The van der Waals surface area contributed by atoms with Gasteiger partial charge in [0, 0.05) is 24.2 Å². The van der Waals surface area contributed by atoms with Crippen LogP contribution in [0.3, 0.4) is 0 Å². The van der Waals surface area contributed by atoms with E-state index in [1.54, 1.807) is 30.0 Å². The van der Waals surface area contributed by atoms with E-state index in [-0.39, 0.29) is 29.1 Å². The lowest BCUT2D eigenvalue weighted by Crippen LogP contribution is -2.33. The number of hydrogen-bond donors (Lipinski definition) is 0. The van der Waals surface area contributed by atoms with E-state index < -0.39 is 0 Å². The van der Waals surface area contributed by atoms with Gasteiger partial charge in [0.15, 0.2) is 0 Å². The van der Waals surface area contributed by atoms with E-state index in [4.69, 9.17) is 4.74 Å². The summed E-state index contributed by atoms with van der Waals surface area (Å²) in [6.45, 7) is 0.846. The fourth-order valence-electron chi connectivity index (χ4n) is 4.89. The first-order chi connectivity index (χ1) is 15.6. The predicted octanol–water partition coefficient (Wildman–Crippen LogP) is 5.08. The van der Waals surface area contributed by atoms with Crippen LogP contribution in [0, 0.1) is 10.1 Å². The Labute approximate surface area is 185 Å². The van der Waals surface area contributed by atoms with Gasteiger partial charge in [0.25, 0.3) is 5.69 Å². The maximum atomic E-state index is 13.4. The van der Waals surface area contributed by atoms with E-state index in [9.17, 15) is 14.9 Å². The number of carbonyl (C=O) groups excluding carboxylic acids is 1. The molecule has 0 N–H and O–H groups in total. The highest BCUT2D eigenvalue weighted by atomic mass is 16.6. The van der Waals surface area contributed by atoms with Crippen LogP contribution in [0.2, 0.25) is 0 Å². The maximum Gasteiger partial charge on any atom is 0.278 e. The van der Waals surface area contributed by atoms with Crippen LogP contribution >= 0.6 is 0 Å². The van der Waals surface area contributed by atoms with E-state index in [1.807, 2.05) is 35.2 Å². The third-order valence-corrected chi connectivity index (χ3v) is 6.36. The summed E-state index contributed by atoms with van der Waals surface area (Å²) in [7, 11) is 1.67. The van der Waals surface area contributed by atoms with Crippen LogP contribution in [0.1, 0.15) is 24.4 Å². The number of likely N-dealkylation sites (tertiary alicyclic amines) is 1. The summed E-state index contributed by atoms with van der Waals surface area (Å²) in [4.78, 5) is 26.2. The number of benzene rings is 3. The van der Waals surface area contributed by atoms with Crippen molar-refractivity contribution >= 4 is 33.3 Å². The highest BCUT2D eigenvalue weighted by Crippen LogP contribution is 2.39. The molecular weight excluding hydrogens is 406 g/mol. The first kappa shape index (κ1) is 20.1. The smallest absolute Gasteiger partial charge is 0.278 e. The molecule has 1 fully saturated rings. The molecule has 0 unspecified atom stereocenters. The minimum Gasteiger partial charge on any atom is -0.496 e. The number of non-ortho nitro benzene ring substituents is 1. The predicted molar refractivity (Wildman–Crippen MR) is 123 cm³/mol. The number of amides is 1. The van der Waals surface area contributed by atoms with Gasteiger partial charge in [-0.15, -0.1) is 0 Å². The second-order valence-electron chi connectivity index (χ2n) is 8.06. The van der Waals surface area contributed by atoms with Crippen molar-refractivity contribution in [1.82, 2.24) is 9.47 Å². The van der Waals surface area contributed by atoms with Crippen LogP contribution < -0.4 is 4.74 Å². The van der Waals surface area contributed by atoms with Crippen molar-refractivity contribution in [3.63, 3.8) is 0 Å². The van der Waals surface area contributed by atoms with Crippen LogP contribution in [-0.4, -0.2) is 34.0 Å². The first-order valence-electron chi connectivity index (χ1n) is 10.7. The number of nitrogens with zero attached hydrogens (tertiary/aromatic N) is 3. The molecule has 0 spiro atoms. The highest BCUT2D eigenvalue weighted by Gasteiger charge is 2.31. The Morgan fingerprint density at radius 2 is 1.88 bits per heavy atom. The van der Waals surface area contributed by atoms with Crippen molar-refractivity contribution in [2.24, 2.45) is 0 Å². The molecule has 0 radical (unpaired) electrons. The minimum absolute atomic E-state index is 0.00512. The van der Waals surface area contributed by atoms with Crippen molar-refractivity contribution in [3.8, 4) is 5.75 Å². The zero-order valence-corrected chi connectivity index (χ0v) is 17.7. The van der Waals surface area contributed by atoms with Crippen LogP contribution in [0.25, 0.3) is 21.7 Å². The molecule has 162 valence electrons. The van der Waals surface area contributed by atoms with Gasteiger partial charge in [-0.2, -0.15) is 0 Å². The Kier molecular flexibility index (Phi) is 5.01. The van der Waals surface area contributed by atoms with E-state index in [0.29, 0.717) is 17.4 Å². The topological polar surface area (TPSA) is 77.6 Å². The molecule has 2 heterocycles. The van der Waals surface area contributed by atoms with Gasteiger partial charge >= 0.3 is 0 Å². The number of ether oxygens (including phenoxy) is 1. The molecule has 1 aliphatic rings. The van der Waals surface area contributed by atoms with E-state index in [0.717, 1.165) is 34.9 Å². The summed E-state index contributed by atoms with van der Waals surface area (Å²) >= 11 is 0. The summed E-state index contributed by atoms with van der Waals surface area (Å²) in [5, 5.41) is 14.0. The van der Waals surface area contributed by atoms with E-state index >= 15 is 0 Å². The molecule has 1 aliphatic heterocycles. The Hall–Kier alpha value is -3.87. The summed E-state index contributed by atoms with van der Waals surface area (Å²) in [5.41, 5.74) is 1.87. The number of fused-ring (bicyclic) bond motifs is 2. The normalized spacial score (nSPS) is 16.0. The Bertz CT molecular complexity index is 1340. The third-order valence-electron chi connectivity index (χ3n) is 6.36. The SMILES string of the molecule is COc1ccc([C@@H]2CCCN2C(=O)Cn2ccc3c([N+](=O)[O-])cccc32)c2ccccc12. The molecule has 0 aliphatic carbocycles. The van der Waals surface area contributed by atoms with Gasteiger partial charge in [-0.1, -0.05) is 36.4 Å². The lowest BCUT2D eigenvalue weighted by atomic mass is 9.96. The van der Waals surface area contributed by atoms with Crippen molar-refractivity contribution in [2.75, 3.05) is 13.7 Å². The lowest BCUT2D eigenvalue weighted by molar-refractivity contribution is -0.383. The van der Waals surface area contributed by atoms with Crippen molar-refractivity contribution in [2.45, 2.75) is 25.4 Å². The molecule has 1 amide bonds. The molecule has 7 nitrogen and oxygen atoms in total. The van der Waals surface area contributed by atoms with Gasteiger partial charge in [0.1, 0.15) is 12.3 Å². The van der Waals surface area contributed by atoms with Crippen molar-refractivity contribution in [3.05, 3.63) is 82.5 Å². The zero-order valence-electron chi connectivity index (χ0n) is 17.7. The van der Waals surface area contributed by atoms with Crippen LogP contribution in [0.5, 0.6) is 5.75 Å². The van der Waals surface area contributed by atoms with Gasteiger partial charge in [0.05, 0.1) is 29.0 Å². The van der Waals surface area contributed by atoms with Gasteiger partial charge in [-0.25, -0.2) is 0 Å². The third kappa shape index (κ3) is 3.26. The monoisotopic (exact) mass is 429 g/mol. The number of aromatic nitrogens is 1. The molecule has 32 heavy (non-hydrogen) atoms. The summed E-state index contributed by atoms with van der Waals surface area (Å²) in [5.74, 6) is 0.831. The number of carbonyl (C=O) groups is 1. The second-order valence-corrected chi connectivity index (χ2v) is 8.06. The lowest BCUT2D eigenvalue weighted by Gasteiger charge is -2.27. The first-order valence-corrected chi connectivity index (χ1v) is 10.7. The minimum atomic E-state index is -0.389. The molecule has 0 bridgehead atoms. The van der Waals surface area contributed by atoms with Crippen LogP contribution in [-0.2, 0) is 11.3 Å². The Morgan fingerprint density at radius 1 is 1.06 bits per heavy atom. The van der Waals surface area contributed by atoms with Gasteiger partial charge < -0.3 is 14.2 Å². The van der Waals surface area contributed by atoms with Gasteiger partial charge in [-0.3, -0.25) is 14.9 Å². The number of methoxy groups -OCH3 is 1. The summed E-state index contributed by atoms with van der Waals surface area (Å²) in [6, 6.07) is 18.8. The van der Waals surface area contributed by atoms with E-state index in [1.165, 1.54) is 6.07 Å². The quantitative estimate of drug-likeness (QED) is 0.328. The summed E-state index contributed by atoms with van der Waals surface area (Å²) < 4.78 is 7.32. The molecule has 1 atom stereocenters. The largest absolute Gasteiger partial charge is 0.496 e. The molecule has 3 aromatic carbocycles. The molecular formula is C25H23N3O4. The fourth-order valence-corrected chi connectivity index (χ4v) is 4.89. The maximum absolute atomic E-state index is 13.4.